The molecule has 1 aromatic carbocycles. The van der Waals surface area contributed by atoms with Gasteiger partial charge in [-0.25, -0.2) is 19.2 Å². The van der Waals surface area contributed by atoms with E-state index in [1.165, 1.54) is 6.20 Å². The van der Waals surface area contributed by atoms with Crippen LogP contribution in [0.3, 0.4) is 0 Å². The number of benzene rings is 1. The minimum absolute atomic E-state index is 0.0380. The minimum Gasteiger partial charge on any atom is -0.474 e. The van der Waals surface area contributed by atoms with Crippen LogP contribution in [0, 0.1) is 12.7 Å². The van der Waals surface area contributed by atoms with Crippen molar-refractivity contribution in [2.75, 3.05) is 29.5 Å². The second-order valence-electron chi connectivity index (χ2n) is 7.97. The van der Waals surface area contributed by atoms with Crippen molar-refractivity contribution >= 4 is 34.1 Å². The molecule has 0 bridgehead atoms. The Bertz CT molecular complexity index is 1230. The molecule has 2 aromatic heterocycles. The molecule has 32 heavy (non-hydrogen) atoms. The van der Waals surface area contributed by atoms with Crippen molar-refractivity contribution in [3.8, 4) is 17.0 Å². The van der Waals surface area contributed by atoms with E-state index < -0.39 is 18.0 Å². The van der Waals surface area contributed by atoms with E-state index in [0.29, 0.717) is 53.8 Å². The molecule has 9 nitrogen and oxygen atoms in total. The molecule has 2 aliphatic rings. The number of carbonyl (C=O) groups is 1. The van der Waals surface area contributed by atoms with Crippen LogP contribution in [0.5, 0.6) is 5.88 Å². The van der Waals surface area contributed by atoms with Crippen molar-refractivity contribution in [1.29, 1.82) is 0 Å². The van der Waals surface area contributed by atoms with Crippen molar-refractivity contribution in [3.63, 3.8) is 0 Å². The van der Waals surface area contributed by atoms with Crippen LogP contribution in [0.2, 0.25) is 0 Å². The quantitative estimate of drug-likeness (QED) is 0.458. The molecule has 0 spiro atoms. The fourth-order valence-electron chi connectivity index (χ4n) is 3.97. The number of rotatable bonds is 3. The van der Waals surface area contributed by atoms with Crippen molar-refractivity contribution in [3.05, 3.63) is 35.9 Å². The number of nitrogen functional groups attached to an aromatic ring is 1. The van der Waals surface area contributed by atoms with E-state index in [0.717, 1.165) is 11.3 Å². The highest BCUT2D eigenvalue weighted by molar-refractivity contribution is 5.99. The van der Waals surface area contributed by atoms with Gasteiger partial charge in [-0.15, -0.1) is 0 Å². The van der Waals surface area contributed by atoms with E-state index in [1.54, 1.807) is 18.3 Å². The highest BCUT2D eigenvalue weighted by Gasteiger charge is 2.30. The third-order valence-electron chi connectivity index (χ3n) is 5.81. The van der Waals surface area contributed by atoms with Crippen LogP contribution >= 0.6 is 0 Å². The first-order chi connectivity index (χ1) is 15.4. The molecule has 1 fully saturated rings. The van der Waals surface area contributed by atoms with Gasteiger partial charge in [0.2, 0.25) is 5.88 Å². The number of nitrogens with zero attached hydrogens (tertiary/aromatic N) is 2. The summed E-state index contributed by atoms with van der Waals surface area (Å²) < 4.78 is 26.0. The number of nitrogens with two attached hydrogens (primary N) is 1. The Labute approximate surface area is 182 Å². The van der Waals surface area contributed by atoms with Crippen LogP contribution in [0.4, 0.5) is 26.4 Å². The average molecular weight is 439 g/mol. The summed E-state index contributed by atoms with van der Waals surface area (Å²) in [4.78, 5) is 20.5. The molecule has 166 valence electrons. The summed E-state index contributed by atoms with van der Waals surface area (Å²) in [7, 11) is 0. The topological polar surface area (TPSA) is 132 Å². The number of halogens is 1. The molecule has 3 heterocycles. The number of pyridine rings is 2. The Hall–Kier alpha value is -3.66. The number of aliphatic hydroxyl groups excluding tert-OH is 1. The fourth-order valence-corrected chi connectivity index (χ4v) is 3.97. The predicted molar refractivity (Wildman–Crippen MR) is 117 cm³/mol. The Kier molecular flexibility index (Phi) is 4.93. The maximum absolute atomic E-state index is 15.2. The molecule has 0 atom stereocenters. The zero-order chi connectivity index (χ0) is 22.4. The van der Waals surface area contributed by atoms with Crippen molar-refractivity contribution in [2.45, 2.75) is 32.0 Å². The summed E-state index contributed by atoms with van der Waals surface area (Å²) in [5.41, 5.74) is 8.45. The van der Waals surface area contributed by atoms with E-state index in [2.05, 4.69) is 20.6 Å². The number of aliphatic hydroxyl groups is 1. The second-order valence-corrected chi connectivity index (χ2v) is 7.97. The molecule has 0 radical (unpaired) electrons. The molecule has 1 saturated carbocycles. The molecule has 3 aromatic rings. The molecule has 1 amide bonds. The Morgan fingerprint density at radius 1 is 1.31 bits per heavy atom. The second kappa shape index (κ2) is 7.79. The number of fused-ring (bicyclic) bond motifs is 2. The van der Waals surface area contributed by atoms with Crippen LogP contribution in [-0.4, -0.2) is 46.5 Å². The molecular formula is C22H22FN5O4. The van der Waals surface area contributed by atoms with Gasteiger partial charge in [-0.1, -0.05) is 0 Å². The van der Waals surface area contributed by atoms with Gasteiger partial charge in [0, 0.05) is 48.3 Å². The Balaban J connectivity index is 1.49. The molecule has 1 aliphatic carbocycles. The summed E-state index contributed by atoms with van der Waals surface area (Å²) >= 11 is 0. The molecule has 0 saturated heterocycles. The predicted octanol–water partition coefficient (Wildman–Crippen LogP) is 3.20. The summed E-state index contributed by atoms with van der Waals surface area (Å²) in [5.74, 6) is 0.166. The molecule has 5 N–H and O–H groups in total. The lowest BCUT2D eigenvalue weighted by Gasteiger charge is -2.30. The summed E-state index contributed by atoms with van der Waals surface area (Å²) in [6.07, 6.45) is 2.43. The van der Waals surface area contributed by atoms with E-state index in [9.17, 15) is 9.90 Å². The highest BCUT2D eigenvalue weighted by atomic mass is 19.1. The number of amides is 1. The number of aromatic nitrogens is 2. The first-order valence-electron chi connectivity index (χ1n) is 10.3. The van der Waals surface area contributed by atoms with Crippen molar-refractivity contribution in [1.82, 2.24) is 9.97 Å². The van der Waals surface area contributed by atoms with Gasteiger partial charge in [0.1, 0.15) is 24.2 Å². The smallest absolute Gasteiger partial charge is 0.413 e. The highest BCUT2D eigenvalue weighted by Crippen LogP contribution is 2.39. The van der Waals surface area contributed by atoms with Gasteiger partial charge in [0.05, 0.1) is 11.8 Å². The number of nitrogens with one attached hydrogen (secondary N) is 2. The van der Waals surface area contributed by atoms with Crippen LogP contribution in [0.1, 0.15) is 18.4 Å². The van der Waals surface area contributed by atoms with Crippen molar-refractivity contribution in [2.24, 2.45) is 0 Å². The van der Waals surface area contributed by atoms with Gasteiger partial charge < -0.3 is 25.6 Å². The van der Waals surface area contributed by atoms with E-state index in [4.69, 9.17) is 15.2 Å². The van der Waals surface area contributed by atoms with E-state index in [-0.39, 0.29) is 17.6 Å². The zero-order valence-corrected chi connectivity index (χ0v) is 17.3. The largest absolute Gasteiger partial charge is 0.474 e. The first kappa shape index (κ1) is 20.3. The van der Waals surface area contributed by atoms with Gasteiger partial charge in [-0.2, -0.15) is 0 Å². The van der Waals surface area contributed by atoms with Crippen LogP contribution in [0.15, 0.2) is 24.5 Å². The minimum atomic E-state index is -0.662. The first-order valence-corrected chi connectivity index (χ1v) is 10.3. The lowest BCUT2D eigenvalue weighted by Crippen LogP contribution is -2.37. The van der Waals surface area contributed by atoms with Gasteiger partial charge in [-0.05, 0) is 30.0 Å². The van der Waals surface area contributed by atoms with Gasteiger partial charge >= 0.3 is 6.09 Å². The zero-order valence-electron chi connectivity index (χ0n) is 17.3. The van der Waals surface area contributed by atoms with Gasteiger partial charge in [0.15, 0.2) is 5.82 Å². The lowest BCUT2D eigenvalue weighted by molar-refractivity contribution is -0.0308. The SMILES string of the molecule is Cc1c(-c2cc3cc(NC(=O)O[C@H]4C[C@H](O)C4)ncc3c(N)c2F)cnc2c1NCCO2. The standard InChI is InChI=1S/C22H22FN5O4/c1-10-15(8-27-21-20(10)25-2-3-31-21)14-4-11-5-17(26-9-16(11)19(24)18(14)23)28-22(30)32-13-6-12(29)7-13/h4-5,8-9,12-13,25,29H,2-3,6-7,24H2,1H3,(H,26,28,30)/t12-,13-. The molecule has 1 aliphatic heterocycles. The third kappa shape index (κ3) is 3.52. The molecule has 0 unspecified atom stereocenters. The molecule has 5 rings (SSSR count). The van der Waals surface area contributed by atoms with Crippen LogP contribution in [-0.2, 0) is 4.74 Å². The number of anilines is 3. The normalized spacial score (nSPS) is 19.3. The number of hydrogen-bond donors (Lipinski definition) is 4. The van der Waals surface area contributed by atoms with E-state index in [1.807, 2.05) is 6.92 Å². The van der Waals surface area contributed by atoms with Gasteiger partial charge in [-0.3, -0.25) is 5.32 Å². The van der Waals surface area contributed by atoms with Crippen LogP contribution in [0.25, 0.3) is 21.9 Å². The Morgan fingerprint density at radius 3 is 2.91 bits per heavy atom. The van der Waals surface area contributed by atoms with E-state index >= 15 is 4.39 Å². The maximum Gasteiger partial charge on any atom is 0.413 e. The lowest BCUT2D eigenvalue weighted by atomic mass is 9.92. The number of carbonyl (C=O) groups excluding carboxylic acids is 1. The molecule has 10 heteroatoms. The monoisotopic (exact) mass is 439 g/mol. The van der Waals surface area contributed by atoms with Gasteiger partial charge in [0.25, 0.3) is 0 Å². The van der Waals surface area contributed by atoms with Crippen molar-refractivity contribution < 1.29 is 23.8 Å². The maximum atomic E-state index is 15.2. The summed E-state index contributed by atoms with van der Waals surface area (Å²) in [6.45, 7) is 3.02. The molecular weight excluding hydrogens is 417 g/mol. The third-order valence-corrected chi connectivity index (χ3v) is 5.81. The average Bonchev–Trinajstić information content (AvgIpc) is 2.76. The number of hydrogen-bond acceptors (Lipinski definition) is 8. The Morgan fingerprint density at radius 2 is 2.12 bits per heavy atom. The summed E-state index contributed by atoms with van der Waals surface area (Å²) in [5, 5.41) is 16.1. The van der Waals surface area contributed by atoms with Crippen LogP contribution < -0.4 is 21.1 Å². The fraction of sp³-hybridized carbons (Fsp3) is 0.318. The summed E-state index contributed by atoms with van der Waals surface area (Å²) in [6, 6.07) is 3.26. The number of ether oxygens (including phenoxy) is 2.